The van der Waals surface area contributed by atoms with Crippen LogP contribution in [-0.4, -0.2) is 0 Å². The number of hydrogen-bond donors (Lipinski definition) is 0. The van der Waals surface area contributed by atoms with Gasteiger partial charge in [-0.2, -0.15) is 5.26 Å². The molecule has 2 fully saturated rings. The summed E-state index contributed by atoms with van der Waals surface area (Å²) in [6.07, 6.45) is 5.75. The topological polar surface area (TPSA) is 23.8 Å². The summed E-state index contributed by atoms with van der Waals surface area (Å²) in [5.41, 5.74) is 2.20. The number of nitriles is 1. The Morgan fingerprint density at radius 1 is 1.44 bits per heavy atom. The molecule has 0 spiro atoms. The molecule has 3 atom stereocenters. The van der Waals surface area contributed by atoms with Crippen molar-refractivity contribution in [2.45, 2.75) is 39.0 Å². The summed E-state index contributed by atoms with van der Waals surface area (Å²) in [6.45, 7) is 2.05. The van der Waals surface area contributed by atoms with Gasteiger partial charge in [-0.15, -0.1) is 0 Å². The first kappa shape index (κ1) is 12.1. The number of halogens is 1. The molecule has 2 heteroatoms. The molecular weight excluding hydrogens is 242 g/mol. The molecule has 1 nitrogen and oxygen atoms in total. The molecule has 2 aliphatic carbocycles. The van der Waals surface area contributed by atoms with Gasteiger partial charge in [0, 0.05) is 5.02 Å². The molecule has 18 heavy (non-hydrogen) atoms. The third kappa shape index (κ3) is 1.84. The van der Waals surface area contributed by atoms with Gasteiger partial charge >= 0.3 is 0 Å². The van der Waals surface area contributed by atoms with Gasteiger partial charge in [0.25, 0.3) is 0 Å². The molecule has 3 rings (SSSR count). The van der Waals surface area contributed by atoms with Crippen LogP contribution >= 0.6 is 11.6 Å². The second kappa shape index (κ2) is 4.28. The number of aryl methyl sites for hydroxylation is 1. The summed E-state index contributed by atoms with van der Waals surface area (Å²) in [5, 5.41) is 10.5. The molecule has 1 aromatic rings. The highest BCUT2D eigenvalue weighted by Crippen LogP contribution is 2.57. The molecule has 94 valence electrons. The SMILES string of the molecule is Cc1ccc(CC2(C#N)CC3CCC2C3)c(Cl)c1. The minimum atomic E-state index is -0.137. The third-order valence-corrected chi connectivity index (χ3v) is 5.26. The summed E-state index contributed by atoms with van der Waals surface area (Å²) in [5.74, 6) is 1.39. The Kier molecular flexibility index (Phi) is 2.87. The first-order valence-corrected chi connectivity index (χ1v) is 7.17. The van der Waals surface area contributed by atoms with Crippen LogP contribution in [0.15, 0.2) is 18.2 Å². The highest BCUT2D eigenvalue weighted by atomic mass is 35.5. The molecule has 0 radical (unpaired) electrons. The van der Waals surface area contributed by atoms with Crippen LogP contribution in [0.4, 0.5) is 0 Å². The molecule has 3 unspecified atom stereocenters. The van der Waals surface area contributed by atoms with Crippen molar-refractivity contribution in [2.24, 2.45) is 17.3 Å². The Morgan fingerprint density at radius 2 is 2.28 bits per heavy atom. The lowest BCUT2D eigenvalue weighted by molar-refractivity contribution is 0.239. The van der Waals surface area contributed by atoms with Gasteiger partial charge in [0.2, 0.25) is 0 Å². The van der Waals surface area contributed by atoms with E-state index >= 15 is 0 Å². The van der Waals surface area contributed by atoms with Gasteiger partial charge < -0.3 is 0 Å². The zero-order valence-corrected chi connectivity index (χ0v) is 11.5. The van der Waals surface area contributed by atoms with Crippen LogP contribution in [0.1, 0.15) is 36.8 Å². The Hall–Kier alpha value is -1.00. The lowest BCUT2D eigenvalue weighted by atomic mass is 9.70. The Morgan fingerprint density at radius 3 is 2.83 bits per heavy atom. The van der Waals surface area contributed by atoms with Crippen LogP contribution in [0.2, 0.25) is 5.02 Å². The molecule has 2 aliphatic rings. The van der Waals surface area contributed by atoms with Gasteiger partial charge in [-0.25, -0.2) is 0 Å². The van der Waals surface area contributed by atoms with E-state index in [1.54, 1.807) is 0 Å². The van der Waals surface area contributed by atoms with Crippen molar-refractivity contribution >= 4 is 11.6 Å². The molecule has 0 amide bonds. The summed E-state index contributed by atoms with van der Waals surface area (Å²) < 4.78 is 0. The van der Waals surface area contributed by atoms with Crippen molar-refractivity contribution in [1.82, 2.24) is 0 Å². The zero-order valence-electron chi connectivity index (χ0n) is 10.7. The molecule has 2 saturated carbocycles. The maximum absolute atomic E-state index is 9.65. The average molecular weight is 260 g/mol. The van der Waals surface area contributed by atoms with Crippen molar-refractivity contribution in [3.63, 3.8) is 0 Å². The van der Waals surface area contributed by atoms with E-state index < -0.39 is 0 Å². The van der Waals surface area contributed by atoms with Crippen molar-refractivity contribution in [1.29, 1.82) is 5.26 Å². The van der Waals surface area contributed by atoms with Crippen LogP contribution in [-0.2, 0) is 6.42 Å². The Bertz CT molecular complexity index is 516. The number of rotatable bonds is 2. The fourth-order valence-corrected chi connectivity index (χ4v) is 4.27. The molecule has 0 aliphatic heterocycles. The summed E-state index contributed by atoms with van der Waals surface area (Å²) in [6, 6.07) is 8.85. The predicted octanol–water partition coefficient (Wildman–Crippen LogP) is 4.52. The average Bonchev–Trinajstić information content (AvgIpc) is 2.93. The first-order valence-electron chi connectivity index (χ1n) is 6.79. The standard InChI is InChI=1S/C16H18ClN/c1-11-2-4-13(15(17)6-11)9-16(10-18)8-12-3-5-14(16)7-12/h2,4,6,12,14H,3,5,7-9H2,1H3. The Labute approximate surface area is 114 Å². The third-order valence-electron chi connectivity index (χ3n) is 4.91. The fraction of sp³-hybridized carbons (Fsp3) is 0.562. The van der Waals surface area contributed by atoms with Crippen molar-refractivity contribution in [3.8, 4) is 6.07 Å². The van der Waals surface area contributed by atoms with Crippen LogP contribution in [0.3, 0.4) is 0 Å². The molecule has 0 aromatic heterocycles. The maximum Gasteiger partial charge on any atom is 0.0696 e. The number of hydrogen-bond acceptors (Lipinski definition) is 1. The fourth-order valence-electron chi connectivity index (χ4n) is 3.97. The van der Waals surface area contributed by atoms with Gasteiger partial charge in [0.05, 0.1) is 11.5 Å². The van der Waals surface area contributed by atoms with Gasteiger partial charge in [0.15, 0.2) is 0 Å². The van der Waals surface area contributed by atoms with E-state index in [0.29, 0.717) is 5.92 Å². The predicted molar refractivity (Wildman–Crippen MR) is 73.4 cm³/mol. The van der Waals surface area contributed by atoms with Crippen molar-refractivity contribution in [2.75, 3.05) is 0 Å². The van der Waals surface area contributed by atoms with E-state index in [1.807, 2.05) is 13.0 Å². The minimum absolute atomic E-state index is 0.137. The van der Waals surface area contributed by atoms with Crippen LogP contribution in [0.25, 0.3) is 0 Å². The first-order chi connectivity index (χ1) is 8.63. The van der Waals surface area contributed by atoms with Crippen LogP contribution in [0, 0.1) is 35.5 Å². The van der Waals surface area contributed by atoms with Gasteiger partial charge in [-0.05, 0) is 61.6 Å². The lowest BCUT2D eigenvalue weighted by Gasteiger charge is -2.31. The summed E-state index contributed by atoms with van der Waals surface area (Å²) >= 11 is 6.32. The van der Waals surface area contributed by atoms with Gasteiger partial charge in [0.1, 0.15) is 0 Å². The maximum atomic E-state index is 9.65. The highest BCUT2D eigenvalue weighted by Gasteiger charge is 2.51. The van der Waals surface area contributed by atoms with E-state index in [0.717, 1.165) is 29.3 Å². The largest absolute Gasteiger partial charge is 0.198 e. The molecule has 0 N–H and O–H groups in total. The molecule has 2 bridgehead atoms. The quantitative estimate of drug-likeness (QED) is 0.766. The molecular formula is C16H18ClN. The van der Waals surface area contributed by atoms with Crippen molar-refractivity contribution in [3.05, 3.63) is 34.3 Å². The van der Waals surface area contributed by atoms with E-state index in [-0.39, 0.29) is 5.41 Å². The number of fused-ring (bicyclic) bond motifs is 2. The minimum Gasteiger partial charge on any atom is -0.198 e. The lowest BCUT2D eigenvalue weighted by Crippen LogP contribution is -2.28. The highest BCUT2D eigenvalue weighted by molar-refractivity contribution is 6.31. The number of nitrogens with zero attached hydrogens (tertiary/aromatic N) is 1. The van der Waals surface area contributed by atoms with E-state index in [2.05, 4.69) is 18.2 Å². The Balaban J connectivity index is 1.89. The zero-order chi connectivity index (χ0) is 12.8. The molecule has 0 heterocycles. The second-order valence-corrected chi connectivity index (χ2v) is 6.53. The summed E-state index contributed by atoms with van der Waals surface area (Å²) in [7, 11) is 0. The van der Waals surface area contributed by atoms with Gasteiger partial charge in [-0.1, -0.05) is 30.2 Å². The smallest absolute Gasteiger partial charge is 0.0696 e. The van der Waals surface area contributed by atoms with Crippen LogP contribution < -0.4 is 0 Å². The van der Waals surface area contributed by atoms with Crippen LogP contribution in [0.5, 0.6) is 0 Å². The van der Waals surface area contributed by atoms with E-state index in [1.165, 1.54) is 24.8 Å². The summed E-state index contributed by atoms with van der Waals surface area (Å²) in [4.78, 5) is 0. The second-order valence-electron chi connectivity index (χ2n) is 6.12. The monoisotopic (exact) mass is 259 g/mol. The van der Waals surface area contributed by atoms with E-state index in [4.69, 9.17) is 11.6 Å². The van der Waals surface area contributed by atoms with Crippen molar-refractivity contribution < 1.29 is 0 Å². The molecule has 0 saturated heterocycles. The number of benzene rings is 1. The molecule has 1 aromatic carbocycles. The van der Waals surface area contributed by atoms with E-state index in [9.17, 15) is 5.26 Å². The normalized spacial score (nSPS) is 33.6. The van der Waals surface area contributed by atoms with Gasteiger partial charge in [-0.3, -0.25) is 0 Å².